The van der Waals surface area contributed by atoms with Gasteiger partial charge in [-0.25, -0.2) is 9.37 Å². The number of ether oxygens (including phenoxy) is 2. The molecule has 0 saturated carbocycles. The molecule has 8 heteroatoms. The molecule has 4 nitrogen and oxygen atoms in total. The van der Waals surface area contributed by atoms with Gasteiger partial charge >= 0.3 is 6.18 Å². The Morgan fingerprint density at radius 1 is 1.16 bits per heavy atom. The van der Waals surface area contributed by atoms with E-state index in [1.54, 1.807) is 0 Å². The number of benzene rings is 1. The van der Waals surface area contributed by atoms with Gasteiger partial charge in [0.05, 0.1) is 7.11 Å². The average Bonchev–Trinajstić information content (AvgIpc) is 2.57. The first-order valence-electron chi connectivity index (χ1n) is 7.51. The fraction of sp³-hybridized carbons (Fsp3) is 0.353. The summed E-state index contributed by atoms with van der Waals surface area (Å²) in [5.41, 5.74) is -2.40. The molecule has 1 aromatic carbocycles. The molecule has 2 heterocycles. The maximum absolute atomic E-state index is 14.4. The average molecular weight is 356 g/mol. The van der Waals surface area contributed by atoms with Crippen molar-refractivity contribution in [3.8, 4) is 5.88 Å². The van der Waals surface area contributed by atoms with Gasteiger partial charge < -0.3 is 14.8 Å². The maximum atomic E-state index is 14.4. The Morgan fingerprint density at radius 3 is 2.56 bits per heavy atom. The summed E-state index contributed by atoms with van der Waals surface area (Å²) in [6, 6.07) is 4.59. The SMILES string of the molecule is COCCC1(C(F)(F)F)c2cc(F)ccc2Nc2c1ccnc2OC. The van der Waals surface area contributed by atoms with Crippen LogP contribution in [0.3, 0.4) is 0 Å². The van der Waals surface area contributed by atoms with Gasteiger partial charge in [-0.2, -0.15) is 13.2 Å². The molecule has 2 aromatic rings. The summed E-state index contributed by atoms with van der Waals surface area (Å²) >= 11 is 0. The number of nitrogens with zero attached hydrogens (tertiary/aromatic N) is 1. The third-order valence-electron chi connectivity index (χ3n) is 4.44. The minimum atomic E-state index is -4.68. The molecule has 1 unspecified atom stereocenters. The van der Waals surface area contributed by atoms with Crippen molar-refractivity contribution >= 4 is 11.4 Å². The molecule has 0 fully saturated rings. The number of methoxy groups -OCH3 is 2. The number of rotatable bonds is 4. The summed E-state index contributed by atoms with van der Waals surface area (Å²) < 4.78 is 67.0. The van der Waals surface area contributed by atoms with Crippen molar-refractivity contribution < 1.29 is 27.0 Å². The second-order valence-electron chi connectivity index (χ2n) is 5.70. The van der Waals surface area contributed by atoms with Crippen molar-refractivity contribution in [3.63, 3.8) is 0 Å². The van der Waals surface area contributed by atoms with E-state index in [4.69, 9.17) is 9.47 Å². The third kappa shape index (κ3) is 2.60. The van der Waals surface area contributed by atoms with Crippen LogP contribution < -0.4 is 10.1 Å². The number of alkyl halides is 3. The lowest BCUT2D eigenvalue weighted by molar-refractivity contribution is -0.182. The van der Waals surface area contributed by atoms with E-state index in [1.807, 2.05) is 0 Å². The first-order valence-corrected chi connectivity index (χ1v) is 7.51. The molecule has 0 spiro atoms. The molecule has 0 saturated heterocycles. The lowest BCUT2D eigenvalue weighted by atomic mass is 9.68. The number of hydrogen-bond acceptors (Lipinski definition) is 4. The van der Waals surface area contributed by atoms with Crippen LogP contribution in [0.15, 0.2) is 30.5 Å². The van der Waals surface area contributed by atoms with Crippen molar-refractivity contribution in [1.82, 2.24) is 4.98 Å². The second-order valence-corrected chi connectivity index (χ2v) is 5.70. The molecule has 1 aliphatic heterocycles. The lowest BCUT2D eigenvalue weighted by Crippen LogP contribution is -2.47. The van der Waals surface area contributed by atoms with E-state index in [2.05, 4.69) is 10.3 Å². The smallest absolute Gasteiger partial charge is 0.402 e. The highest BCUT2D eigenvalue weighted by Gasteiger charge is 2.60. The van der Waals surface area contributed by atoms with Crippen LogP contribution in [0.1, 0.15) is 17.5 Å². The Morgan fingerprint density at radius 2 is 1.92 bits per heavy atom. The molecule has 1 atom stereocenters. The largest absolute Gasteiger partial charge is 0.480 e. The van der Waals surface area contributed by atoms with Crippen LogP contribution in [0.25, 0.3) is 0 Å². The highest BCUT2D eigenvalue weighted by molar-refractivity contribution is 5.79. The quantitative estimate of drug-likeness (QED) is 0.835. The first kappa shape index (κ1) is 17.5. The van der Waals surface area contributed by atoms with E-state index >= 15 is 0 Å². The fourth-order valence-electron chi connectivity index (χ4n) is 3.30. The molecule has 0 bridgehead atoms. The summed E-state index contributed by atoms with van der Waals surface area (Å²) in [7, 11) is 2.65. The van der Waals surface area contributed by atoms with Crippen molar-refractivity contribution in [2.45, 2.75) is 18.0 Å². The molecule has 3 rings (SSSR count). The van der Waals surface area contributed by atoms with E-state index < -0.39 is 23.8 Å². The molecule has 1 aromatic heterocycles. The zero-order chi connectivity index (χ0) is 18.2. The highest BCUT2D eigenvalue weighted by Crippen LogP contribution is 2.57. The number of fused-ring (bicyclic) bond motifs is 2. The van der Waals surface area contributed by atoms with E-state index in [0.29, 0.717) is 0 Å². The van der Waals surface area contributed by atoms with Gasteiger partial charge in [0.2, 0.25) is 5.88 Å². The number of anilines is 2. The van der Waals surface area contributed by atoms with Crippen molar-refractivity contribution in [2.24, 2.45) is 0 Å². The van der Waals surface area contributed by atoms with Crippen LogP contribution in [-0.4, -0.2) is 32.0 Å². The van der Waals surface area contributed by atoms with Crippen LogP contribution in [0.2, 0.25) is 0 Å². The summed E-state index contributed by atoms with van der Waals surface area (Å²) in [6.07, 6.45) is -3.83. The summed E-state index contributed by atoms with van der Waals surface area (Å²) in [6.45, 7) is -0.153. The zero-order valence-corrected chi connectivity index (χ0v) is 13.6. The number of pyridine rings is 1. The Hall–Kier alpha value is -2.35. The molecule has 0 radical (unpaired) electrons. The van der Waals surface area contributed by atoms with Crippen LogP contribution >= 0.6 is 0 Å². The molecule has 134 valence electrons. The summed E-state index contributed by atoms with van der Waals surface area (Å²) in [4.78, 5) is 3.97. The van der Waals surface area contributed by atoms with Crippen molar-refractivity contribution in [3.05, 3.63) is 47.4 Å². The Kier molecular flexibility index (Phi) is 4.32. The molecule has 0 aliphatic carbocycles. The van der Waals surface area contributed by atoms with Gasteiger partial charge in [-0.3, -0.25) is 0 Å². The minimum absolute atomic E-state index is 0.0403. The highest BCUT2D eigenvalue weighted by atomic mass is 19.4. The summed E-state index contributed by atoms with van der Waals surface area (Å²) in [5.74, 6) is -0.699. The fourth-order valence-corrected chi connectivity index (χ4v) is 3.30. The van der Waals surface area contributed by atoms with E-state index in [9.17, 15) is 17.6 Å². The Labute approximate surface area is 141 Å². The van der Waals surface area contributed by atoms with Gasteiger partial charge in [0.15, 0.2) is 0 Å². The monoisotopic (exact) mass is 356 g/mol. The summed E-state index contributed by atoms with van der Waals surface area (Å²) in [5, 5.41) is 2.90. The molecular weight excluding hydrogens is 340 g/mol. The Bertz CT molecular complexity index is 795. The predicted molar refractivity (Wildman–Crippen MR) is 83.8 cm³/mol. The molecule has 1 N–H and O–H groups in total. The van der Waals surface area contributed by atoms with Crippen molar-refractivity contribution in [2.75, 3.05) is 26.1 Å². The number of aromatic nitrogens is 1. The van der Waals surface area contributed by atoms with Gasteiger partial charge in [0.1, 0.15) is 16.9 Å². The van der Waals surface area contributed by atoms with E-state index in [0.717, 1.165) is 12.1 Å². The normalized spacial score (nSPS) is 19.0. The van der Waals surface area contributed by atoms with Gasteiger partial charge in [-0.1, -0.05) is 0 Å². The molecule has 25 heavy (non-hydrogen) atoms. The van der Waals surface area contributed by atoms with Gasteiger partial charge in [-0.15, -0.1) is 0 Å². The second kappa shape index (κ2) is 6.18. The maximum Gasteiger partial charge on any atom is 0.402 e. The lowest BCUT2D eigenvalue weighted by Gasteiger charge is -2.42. The standard InChI is InChI=1S/C17H16F4N2O2/c1-24-8-6-16(17(19,20)21)11-5-7-22-15(25-2)14(11)23-13-4-3-10(18)9-12(13)16/h3-5,7,9,23H,6,8H2,1-2H3. The van der Waals surface area contributed by atoms with E-state index in [-0.39, 0.29) is 35.0 Å². The molecule has 1 aliphatic rings. The van der Waals surface area contributed by atoms with Crippen molar-refractivity contribution in [1.29, 1.82) is 0 Å². The van der Waals surface area contributed by atoms with Crippen LogP contribution in [-0.2, 0) is 10.2 Å². The third-order valence-corrected chi connectivity index (χ3v) is 4.44. The predicted octanol–water partition coefficient (Wildman–Crippen LogP) is 4.17. The number of halogens is 4. The molecular formula is C17H16F4N2O2. The molecule has 0 amide bonds. The van der Waals surface area contributed by atoms with Crippen LogP contribution in [0.4, 0.5) is 28.9 Å². The topological polar surface area (TPSA) is 43.4 Å². The van der Waals surface area contributed by atoms with E-state index in [1.165, 1.54) is 32.5 Å². The number of hydrogen-bond donors (Lipinski definition) is 1. The van der Waals surface area contributed by atoms with Crippen LogP contribution in [0.5, 0.6) is 5.88 Å². The Balaban J connectivity index is 2.37. The van der Waals surface area contributed by atoms with Gasteiger partial charge in [0, 0.05) is 31.2 Å². The zero-order valence-electron chi connectivity index (χ0n) is 13.6. The van der Waals surface area contributed by atoms with Gasteiger partial charge in [0.25, 0.3) is 0 Å². The first-order chi connectivity index (χ1) is 11.8. The number of nitrogens with one attached hydrogen (secondary N) is 1. The van der Waals surface area contributed by atoms with Crippen LogP contribution in [0, 0.1) is 5.82 Å². The minimum Gasteiger partial charge on any atom is -0.480 e. The van der Waals surface area contributed by atoms with Gasteiger partial charge in [-0.05, 0) is 36.2 Å².